The number of amides is 1. The van der Waals surface area contributed by atoms with Crippen molar-refractivity contribution in [3.63, 3.8) is 0 Å². The molecule has 1 aromatic rings. The first kappa shape index (κ1) is 17.1. The van der Waals surface area contributed by atoms with Crippen LogP contribution in [-0.2, 0) is 4.79 Å². The summed E-state index contributed by atoms with van der Waals surface area (Å²) in [5, 5.41) is 11.4. The van der Waals surface area contributed by atoms with Crippen molar-refractivity contribution in [2.24, 2.45) is 5.41 Å². The molecule has 1 rings (SSSR count). The molecule has 2 N–H and O–H groups in total. The Balaban J connectivity index is 2.46. The minimum Gasteiger partial charge on any atom is -0.481 e. The molecule has 0 heterocycles. The van der Waals surface area contributed by atoms with E-state index in [1.807, 2.05) is 13.8 Å². The van der Waals surface area contributed by atoms with Crippen LogP contribution in [0.2, 0.25) is 0 Å². The minimum atomic E-state index is -0.817. The van der Waals surface area contributed by atoms with Crippen LogP contribution in [0.5, 0.6) is 0 Å². The van der Waals surface area contributed by atoms with Crippen LogP contribution in [0.3, 0.4) is 0 Å². The number of aliphatic carboxylic acids is 1. The molecule has 0 unspecified atom stereocenters. The van der Waals surface area contributed by atoms with Crippen LogP contribution >= 0.6 is 0 Å². The highest BCUT2D eigenvalue weighted by molar-refractivity contribution is 5.94. The van der Waals surface area contributed by atoms with Crippen molar-refractivity contribution in [3.05, 3.63) is 35.1 Å². The van der Waals surface area contributed by atoms with Crippen LogP contribution < -0.4 is 5.32 Å². The largest absolute Gasteiger partial charge is 0.481 e. The van der Waals surface area contributed by atoms with E-state index < -0.39 is 11.8 Å². The highest BCUT2D eigenvalue weighted by Gasteiger charge is 2.19. The van der Waals surface area contributed by atoms with Gasteiger partial charge in [0.15, 0.2) is 0 Å². The van der Waals surface area contributed by atoms with Crippen LogP contribution in [0.4, 0.5) is 4.39 Å². The summed E-state index contributed by atoms with van der Waals surface area (Å²) < 4.78 is 13.4. The molecule has 0 fully saturated rings. The van der Waals surface area contributed by atoms with E-state index in [1.54, 1.807) is 19.1 Å². The van der Waals surface area contributed by atoms with Gasteiger partial charge in [0.25, 0.3) is 5.91 Å². The molecule has 0 saturated heterocycles. The summed E-state index contributed by atoms with van der Waals surface area (Å²) in [6.07, 6.45) is 1.34. The van der Waals surface area contributed by atoms with Gasteiger partial charge in [0.2, 0.25) is 0 Å². The summed E-state index contributed by atoms with van der Waals surface area (Å²) >= 11 is 0. The molecule has 1 amide bonds. The van der Waals surface area contributed by atoms with E-state index in [0.29, 0.717) is 30.5 Å². The molecule has 0 bridgehead atoms. The lowest BCUT2D eigenvalue weighted by Crippen LogP contribution is -2.28. The first-order valence-corrected chi connectivity index (χ1v) is 6.97. The van der Waals surface area contributed by atoms with Gasteiger partial charge in [0.05, 0.1) is 0 Å². The summed E-state index contributed by atoms with van der Waals surface area (Å²) in [6.45, 7) is 6.00. The number of rotatable bonds is 7. The van der Waals surface area contributed by atoms with E-state index in [0.717, 1.165) is 0 Å². The summed E-state index contributed by atoms with van der Waals surface area (Å²) in [4.78, 5) is 22.5. The zero-order chi connectivity index (χ0) is 16.0. The maximum atomic E-state index is 13.4. The lowest BCUT2D eigenvalue weighted by atomic mass is 9.84. The van der Waals surface area contributed by atoms with Crippen molar-refractivity contribution in [2.75, 3.05) is 6.54 Å². The zero-order valence-corrected chi connectivity index (χ0v) is 12.7. The maximum Gasteiger partial charge on any atom is 0.303 e. The van der Waals surface area contributed by atoms with Gasteiger partial charge in [0.1, 0.15) is 5.82 Å². The Labute approximate surface area is 124 Å². The van der Waals surface area contributed by atoms with Crippen molar-refractivity contribution in [2.45, 2.75) is 40.0 Å². The standard InChI is InChI=1S/C16H22FNO3/c1-11-4-5-12(10-13(11)17)15(21)18-9-8-16(2,3)7-6-14(19)20/h4-5,10H,6-9H2,1-3H3,(H,18,21)(H,19,20). The summed E-state index contributed by atoms with van der Waals surface area (Å²) in [5.41, 5.74) is 0.632. The van der Waals surface area contributed by atoms with Gasteiger partial charge in [-0.05, 0) is 42.9 Å². The highest BCUT2D eigenvalue weighted by atomic mass is 19.1. The fourth-order valence-corrected chi connectivity index (χ4v) is 1.92. The van der Waals surface area contributed by atoms with E-state index in [4.69, 9.17) is 5.11 Å². The van der Waals surface area contributed by atoms with E-state index in [2.05, 4.69) is 5.32 Å². The Hall–Kier alpha value is -1.91. The third-order valence-electron chi connectivity index (χ3n) is 3.54. The predicted molar refractivity (Wildman–Crippen MR) is 78.7 cm³/mol. The lowest BCUT2D eigenvalue weighted by molar-refractivity contribution is -0.137. The number of carboxylic acid groups (broad SMARTS) is 1. The molecule has 4 nitrogen and oxygen atoms in total. The third kappa shape index (κ3) is 5.94. The molecule has 21 heavy (non-hydrogen) atoms. The number of hydrogen-bond acceptors (Lipinski definition) is 2. The molecule has 0 aliphatic rings. The normalized spacial score (nSPS) is 11.2. The summed E-state index contributed by atoms with van der Waals surface area (Å²) in [7, 11) is 0. The molecule has 1 aromatic carbocycles. The quantitative estimate of drug-likeness (QED) is 0.812. The Morgan fingerprint density at radius 1 is 1.29 bits per heavy atom. The second kappa shape index (κ2) is 7.20. The number of carboxylic acids is 1. The third-order valence-corrected chi connectivity index (χ3v) is 3.54. The van der Waals surface area contributed by atoms with E-state index in [-0.39, 0.29) is 17.7 Å². The summed E-state index contributed by atoms with van der Waals surface area (Å²) in [6, 6.07) is 4.38. The maximum absolute atomic E-state index is 13.4. The second-order valence-electron chi connectivity index (χ2n) is 6.03. The first-order valence-electron chi connectivity index (χ1n) is 6.97. The van der Waals surface area contributed by atoms with Crippen LogP contribution in [0.1, 0.15) is 49.0 Å². The molecule has 116 valence electrons. The van der Waals surface area contributed by atoms with Crippen molar-refractivity contribution < 1.29 is 19.1 Å². The van der Waals surface area contributed by atoms with Crippen LogP contribution in [0.25, 0.3) is 0 Å². The Morgan fingerprint density at radius 2 is 1.95 bits per heavy atom. The molecule has 0 atom stereocenters. The van der Waals surface area contributed by atoms with Gasteiger partial charge < -0.3 is 10.4 Å². The van der Waals surface area contributed by atoms with Gasteiger partial charge in [0, 0.05) is 18.5 Å². The van der Waals surface area contributed by atoms with Crippen LogP contribution in [-0.4, -0.2) is 23.5 Å². The van der Waals surface area contributed by atoms with Crippen molar-refractivity contribution in [3.8, 4) is 0 Å². The van der Waals surface area contributed by atoms with Gasteiger partial charge in [-0.15, -0.1) is 0 Å². The van der Waals surface area contributed by atoms with Gasteiger partial charge >= 0.3 is 5.97 Å². The fraction of sp³-hybridized carbons (Fsp3) is 0.500. The second-order valence-corrected chi connectivity index (χ2v) is 6.03. The Bertz CT molecular complexity index is 526. The number of hydrogen-bond donors (Lipinski definition) is 2. The number of carbonyl (C=O) groups is 2. The fourth-order valence-electron chi connectivity index (χ4n) is 1.92. The van der Waals surface area contributed by atoms with Crippen molar-refractivity contribution in [1.29, 1.82) is 0 Å². The van der Waals surface area contributed by atoms with Crippen LogP contribution in [0.15, 0.2) is 18.2 Å². The average molecular weight is 295 g/mol. The average Bonchev–Trinajstić information content (AvgIpc) is 2.39. The van der Waals surface area contributed by atoms with Crippen molar-refractivity contribution in [1.82, 2.24) is 5.32 Å². The number of carbonyl (C=O) groups excluding carboxylic acids is 1. The number of halogens is 1. The SMILES string of the molecule is Cc1ccc(C(=O)NCCC(C)(C)CCC(=O)O)cc1F. The highest BCUT2D eigenvalue weighted by Crippen LogP contribution is 2.26. The number of nitrogens with one attached hydrogen (secondary N) is 1. The first-order chi connectivity index (χ1) is 9.71. The van der Waals surface area contributed by atoms with Crippen LogP contribution in [0, 0.1) is 18.2 Å². The zero-order valence-electron chi connectivity index (χ0n) is 12.7. The molecular weight excluding hydrogens is 273 g/mol. The lowest BCUT2D eigenvalue weighted by Gasteiger charge is -2.23. The molecule has 0 aliphatic carbocycles. The van der Waals surface area contributed by atoms with Gasteiger partial charge in [-0.25, -0.2) is 4.39 Å². The Kier molecular flexibility index (Phi) is 5.88. The molecule has 5 heteroatoms. The molecule has 0 saturated carbocycles. The molecule has 0 aliphatic heterocycles. The molecule has 0 spiro atoms. The topological polar surface area (TPSA) is 66.4 Å². The van der Waals surface area contributed by atoms with Gasteiger partial charge in [-0.1, -0.05) is 19.9 Å². The molecular formula is C16H22FNO3. The van der Waals surface area contributed by atoms with Gasteiger partial charge in [-0.3, -0.25) is 9.59 Å². The monoisotopic (exact) mass is 295 g/mol. The van der Waals surface area contributed by atoms with Crippen molar-refractivity contribution >= 4 is 11.9 Å². The summed E-state index contributed by atoms with van der Waals surface area (Å²) in [5.74, 6) is -1.53. The number of aryl methyl sites for hydroxylation is 1. The predicted octanol–water partition coefficient (Wildman–Crippen LogP) is 3.15. The Morgan fingerprint density at radius 3 is 2.52 bits per heavy atom. The minimum absolute atomic E-state index is 0.115. The van der Waals surface area contributed by atoms with Gasteiger partial charge in [-0.2, -0.15) is 0 Å². The van der Waals surface area contributed by atoms with E-state index in [9.17, 15) is 14.0 Å². The molecule has 0 radical (unpaired) electrons. The van der Waals surface area contributed by atoms with E-state index in [1.165, 1.54) is 6.07 Å². The molecule has 0 aromatic heterocycles. The smallest absolute Gasteiger partial charge is 0.303 e. The van der Waals surface area contributed by atoms with E-state index >= 15 is 0 Å². The number of benzene rings is 1.